The van der Waals surface area contributed by atoms with Crippen LogP contribution in [0.1, 0.15) is 6.42 Å². The zero-order valence-electron chi connectivity index (χ0n) is 7.70. The summed E-state index contributed by atoms with van der Waals surface area (Å²) in [6.07, 6.45) is 4.75. The molecule has 0 spiro atoms. The van der Waals surface area contributed by atoms with E-state index in [-0.39, 0.29) is 0 Å². The summed E-state index contributed by atoms with van der Waals surface area (Å²) < 4.78 is 0. The molecule has 3 nitrogen and oxygen atoms in total. The summed E-state index contributed by atoms with van der Waals surface area (Å²) in [6.45, 7) is 1.14. The highest BCUT2D eigenvalue weighted by molar-refractivity contribution is 6.33. The number of aromatic nitrogens is 1. The smallest absolute Gasteiger partial charge is 0.0820 e. The van der Waals surface area contributed by atoms with Crippen molar-refractivity contribution in [2.45, 2.75) is 18.5 Å². The Morgan fingerprint density at radius 2 is 2.50 bits per heavy atom. The van der Waals surface area contributed by atoms with E-state index < -0.39 is 0 Å². The molecule has 0 radical (unpaired) electrons. The number of hydrogen-bond acceptors (Lipinski definition) is 3. The van der Waals surface area contributed by atoms with E-state index in [2.05, 4.69) is 15.6 Å². The number of anilines is 1. The van der Waals surface area contributed by atoms with Crippen molar-refractivity contribution in [3.63, 3.8) is 0 Å². The molecule has 74 valence electrons. The molecule has 2 N–H and O–H groups in total. The zero-order chi connectivity index (χ0) is 9.54. The molecule has 3 aliphatic rings. The SMILES string of the molecule is Clc1cnccc1NC1C2CNC1C2. The highest BCUT2D eigenvalue weighted by Gasteiger charge is 2.46. The van der Waals surface area contributed by atoms with Gasteiger partial charge in [0, 0.05) is 31.0 Å². The summed E-state index contributed by atoms with van der Waals surface area (Å²) in [5.74, 6) is 0.782. The van der Waals surface area contributed by atoms with Gasteiger partial charge in [-0.15, -0.1) is 0 Å². The predicted octanol–water partition coefficient (Wildman–Crippen LogP) is 1.51. The Balaban J connectivity index is 1.76. The molecule has 3 unspecified atom stereocenters. The van der Waals surface area contributed by atoms with E-state index in [1.807, 2.05) is 6.07 Å². The average Bonchev–Trinajstić information content (AvgIpc) is 2.78. The van der Waals surface area contributed by atoms with E-state index in [0.717, 1.165) is 18.2 Å². The van der Waals surface area contributed by atoms with Crippen molar-refractivity contribution in [3.05, 3.63) is 23.5 Å². The molecule has 0 amide bonds. The molecule has 1 aromatic rings. The Morgan fingerprint density at radius 3 is 3.14 bits per heavy atom. The van der Waals surface area contributed by atoms with Crippen molar-refractivity contribution in [3.8, 4) is 0 Å². The van der Waals surface area contributed by atoms with Gasteiger partial charge in [-0.05, 0) is 18.4 Å². The van der Waals surface area contributed by atoms with Gasteiger partial charge in [-0.2, -0.15) is 0 Å². The van der Waals surface area contributed by atoms with Crippen LogP contribution in [-0.4, -0.2) is 23.6 Å². The van der Waals surface area contributed by atoms with Gasteiger partial charge in [0.1, 0.15) is 0 Å². The molecule has 14 heavy (non-hydrogen) atoms. The lowest BCUT2D eigenvalue weighted by Gasteiger charge is -2.36. The first-order valence-corrected chi connectivity index (χ1v) is 5.32. The number of hydrogen-bond donors (Lipinski definition) is 2. The maximum atomic E-state index is 6.02. The van der Waals surface area contributed by atoms with E-state index >= 15 is 0 Å². The first-order valence-electron chi connectivity index (χ1n) is 4.94. The van der Waals surface area contributed by atoms with Crippen LogP contribution in [0.3, 0.4) is 0 Å². The molecule has 3 fully saturated rings. The molecule has 0 aromatic carbocycles. The van der Waals surface area contributed by atoms with Crippen LogP contribution in [0.4, 0.5) is 5.69 Å². The third-order valence-corrected chi connectivity index (χ3v) is 3.54. The van der Waals surface area contributed by atoms with Gasteiger partial charge in [-0.3, -0.25) is 4.98 Å². The van der Waals surface area contributed by atoms with E-state index in [4.69, 9.17) is 11.6 Å². The van der Waals surface area contributed by atoms with Gasteiger partial charge in [0.05, 0.1) is 10.7 Å². The molecule has 1 saturated carbocycles. The van der Waals surface area contributed by atoms with Crippen molar-refractivity contribution in [2.75, 3.05) is 11.9 Å². The fraction of sp³-hybridized carbons (Fsp3) is 0.500. The van der Waals surface area contributed by atoms with E-state index in [1.54, 1.807) is 12.4 Å². The molecule has 3 heterocycles. The molecule has 1 aliphatic carbocycles. The summed E-state index contributed by atoms with van der Waals surface area (Å²) in [6, 6.07) is 3.14. The molecule has 2 aliphatic heterocycles. The topological polar surface area (TPSA) is 37.0 Å². The van der Waals surface area contributed by atoms with E-state index in [0.29, 0.717) is 17.1 Å². The molecule has 2 saturated heterocycles. The van der Waals surface area contributed by atoms with Gasteiger partial charge in [-0.25, -0.2) is 0 Å². The lowest BCUT2D eigenvalue weighted by Crippen LogP contribution is -2.47. The maximum absolute atomic E-state index is 6.02. The highest BCUT2D eigenvalue weighted by atomic mass is 35.5. The number of nitrogens with one attached hydrogen (secondary N) is 2. The zero-order valence-corrected chi connectivity index (χ0v) is 8.46. The monoisotopic (exact) mass is 209 g/mol. The number of halogens is 1. The van der Waals surface area contributed by atoms with E-state index in [9.17, 15) is 0 Å². The molecule has 1 aromatic heterocycles. The van der Waals surface area contributed by atoms with Gasteiger partial charge in [0.15, 0.2) is 0 Å². The lowest BCUT2D eigenvalue weighted by atomic mass is 9.80. The largest absolute Gasteiger partial charge is 0.379 e. The molecular weight excluding hydrogens is 198 g/mol. The van der Waals surface area contributed by atoms with Crippen LogP contribution in [0.2, 0.25) is 5.02 Å². The van der Waals surface area contributed by atoms with E-state index in [1.165, 1.54) is 6.42 Å². The van der Waals surface area contributed by atoms with Gasteiger partial charge in [0.2, 0.25) is 0 Å². The summed E-state index contributed by atoms with van der Waals surface area (Å²) in [5.41, 5.74) is 1.00. The standard InChI is InChI=1S/C10H12ClN3/c11-7-5-12-2-1-8(7)14-10-6-3-9(10)13-4-6/h1-2,5-6,9-10,13H,3-4H2,(H,12,14). The second kappa shape index (κ2) is 3.11. The summed E-state index contributed by atoms with van der Waals surface area (Å²) in [7, 11) is 0. The van der Waals surface area contributed by atoms with Crippen molar-refractivity contribution in [2.24, 2.45) is 5.92 Å². The normalized spacial score (nSPS) is 33.9. The van der Waals surface area contributed by atoms with Gasteiger partial charge >= 0.3 is 0 Å². The van der Waals surface area contributed by atoms with Crippen molar-refractivity contribution in [1.29, 1.82) is 0 Å². The quantitative estimate of drug-likeness (QED) is 0.776. The minimum Gasteiger partial charge on any atom is -0.379 e. The number of rotatable bonds is 2. The molecule has 3 atom stereocenters. The van der Waals surface area contributed by atoms with Gasteiger partial charge in [-0.1, -0.05) is 11.6 Å². The molecular formula is C10H12ClN3. The van der Waals surface area contributed by atoms with Gasteiger partial charge < -0.3 is 10.6 Å². The maximum Gasteiger partial charge on any atom is 0.0820 e. The highest BCUT2D eigenvalue weighted by Crippen LogP contribution is 2.37. The fourth-order valence-corrected chi connectivity index (χ4v) is 2.54. The minimum atomic E-state index is 0.565. The van der Waals surface area contributed by atoms with Crippen LogP contribution in [0.25, 0.3) is 0 Å². The molecule has 2 bridgehead atoms. The Hall–Kier alpha value is -0.800. The van der Waals surface area contributed by atoms with Crippen molar-refractivity contribution >= 4 is 17.3 Å². The first kappa shape index (κ1) is 8.50. The third kappa shape index (κ3) is 1.20. The van der Waals surface area contributed by atoms with Crippen LogP contribution in [0, 0.1) is 5.92 Å². The number of pyridine rings is 1. The Morgan fingerprint density at radius 1 is 1.57 bits per heavy atom. The lowest BCUT2D eigenvalue weighted by molar-refractivity contribution is 0.327. The predicted molar refractivity (Wildman–Crippen MR) is 56.6 cm³/mol. The molecule has 4 rings (SSSR count). The third-order valence-electron chi connectivity index (χ3n) is 3.23. The Labute approximate surface area is 87.9 Å². The average molecular weight is 210 g/mol. The van der Waals surface area contributed by atoms with Gasteiger partial charge in [0.25, 0.3) is 0 Å². The van der Waals surface area contributed by atoms with Crippen molar-refractivity contribution < 1.29 is 0 Å². The summed E-state index contributed by atoms with van der Waals surface area (Å²) in [5, 5.41) is 7.64. The minimum absolute atomic E-state index is 0.565. The van der Waals surface area contributed by atoms with Crippen LogP contribution < -0.4 is 10.6 Å². The second-order valence-electron chi connectivity index (χ2n) is 4.04. The van der Waals surface area contributed by atoms with Crippen molar-refractivity contribution in [1.82, 2.24) is 10.3 Å². The fourth-order valence-electron chi connectivity index (χ4n) is 2.37. The number of fused-ring (bicyclic) bond motifs is 1. The Kier molecular flexibility index (Phi) is 1.89. The number of nitrogens with zero attached hydrogens (tertiary/aromatic N) is 1. The summed E-state index contributed by atoms with van der Waals surface area (Å²) in [4.78, 5) is 3.96. The van der Waals surface area contributed by atoms with Crippen LogP contribution in [0.15, 0.2) is 18.5 Å². The Bertz CT molecular complexity index is 341. The first-order chi connectivity index (χ1) is 6.84. The molecule has 4 heteroatoms. The van der Waals surface area contributed by atoms with Crippen LogP contribution in [-0.2, 0) is 0 Å². The second-order valence-corrected chi connectivity index (χ2v) is 4.44. The summed E-state index contributed by atoms with van der Waals surface area (Å²) >= 11 is 6.02. The van der Waals surface area contributed by atoms with Crippen LogP contribution >= 0.6 is 11.6 Å². The van der Waals surface area contributed by atoms with Crippen LogP contribution in [0.5, 0.6) is 0 Å².